The molecule has 4 nitrogen and oxygen atoms in total. The van der Waals surface area contributed by atoms with E-state index in [1.54, 1.807) is 6.92 Å². The highest BCUT2D eigenvalue weighted by molar-refractivity contribution is 7.94. The van der Waals surface area contributed by atoms with E-state index in [1.807, 2.05) is 13.8 Å². The standard InChI is InChI=1S/C10H20O4S/c1-8(2)9(3)4-5-10(6-11,7-12)15(9,13)14/h8,11-12H,4-7H2,1-3H3. The number of aliphatic hydroxyl groups excluding tert-OH is 2. The fraction of sp³-hybridized carbons (Fsp3) is 1.00. The summed E-state index contributed by atoms with van der Waals surface area (Å²) in [5.74, 6) is -0.0116. The monoisotopic (exact) mass is 236 g/mol. The number of rotatable bonds is 3. The third-order valence-electron chi connectivity index (χ3n) is 4.06. The quantitative estimate of drug-likeness (QED) is 0.740. The second kappa shape index (κ2) is 3.71. The van der Waals surface area contributed by atoms with Gasteiger partial charge in [0.25, 0.3) is 0 Å². The van der Waals surface area contributed by atoms with Gasteiger partial charge in [-0.3, -0.25) is 0 Å². The minimum atomic E-state index is -3.49. The summed E-state index contributed by atoms with van der Waals surface area (Å²) in [6.07, 6.45) is 0.852. The topological polar surface area (TPSA) is 74.6 Å². The molecule has 90 valence electrons. The molecule has 0 spiro atoms. The van der Waals surface area contributed by atoms with Crippen LogP contribution in [0.1, 0.15) is 33.6 Å². The average Bonchev–Trinajstić information content (AvgIpc) is 2.38. The van der Waals surface area contributed by atoms with Gasteiger partial charge in [0.1, 0.15) is 4.75 Å². The molecule has 1 atom stereocenters. The number of hydrogen-bond acceptors (Lipinski definition) is 4. The van der Waals surface area contributed by atoms with Crippen molar-refractivity contribution in [1.29, 1.82) is 0 Å². The smallest absolute Gasteiger partial charge is 0.166 e. The molecule has 1 fully saturated rings. The molecule has 0 radical (unpaired) electrons. The van der Waals surface area contributed by atoms with Gasteiger partial charge in [-0.15, -0.1) is 0 Å². The highest BCUT2D eigenvalue weighted by Crippen LogP contribution is 2.47. The highest BCUT2D eigenvalue weighted by Gasteiger charge is 2.60. The third-order valence-corrected chi connectivity index (χ3v) is 7.56. The maximum Gasteiger partial charge on any atom is 0.166 e. The molecule has 2 N–H and O–H groups in total. The average molecular weight is 236 g/mol. The summed E-state index contributed by atoms with van der Waals surface area (Å²) >= 11 is 0. The number of sulfone groups is 1. The largest absolute Gasteiger partial charge is 0.395 e. The van der Waals surface area contributed by atoms with Crippen LogP contribution in [-0.2, 0) is 9.84 Å². The van der Waals surface area contributed by atoms with Gasteiger partial charge in [-0.05, 0) is 25.7 Å². The van der Waals surface area contributed by atoms with Crippen molar-refractivity contribution in [2.45, 2.75) is 43.1 Å². The van der Waals surface area contributed by atoms with Gasteiger partial charge in [0, 0.05) is 0 Å². The zero-order valence-corrected chi connectivity index (χ0v) is 10.3. The molecule has 0 aliphatic carbocycles. The van der Waals surface area contributed by atoms with Crippen molar-refractivity contribution in [3.8, 4) is 0 Å². The third kappa shape index (κ3) is 1.44. The summed E-state index contributed by atoms with van der Waals surface area (Å²) < 4.78 is 22.5. The van der Waals surface area contributed by atoms with Crippen LogP contribution in [0.2, 0.25) is 0 Å². The van der Waals surface area contributed by atoms with Crippen LogP contribution in [0, 0.1) is 5.92 Å². The Balaban J connectivity index is 3.27. The summed E-state index contributed by atoms with van der Waals surface area (Å²) in [5.41, 5.74) is 0. The van der Waals surface area contributed by atoms with Crippen LogP contribution in [-0.4, -0.2) is 41.3 Å². The maximum absolute atomic E-state index is 12.3. The van der Waals surface area contributed by atoms with Gasteiger partial charge in [-0.2, -0.15) is 0 Å². The second-order valence-corrected chi connectivity index (χ2v) is 7.78. The van der Waals surface area contributed by atoms with Gasteiger partial charge in [-0.25, -0.2) is 8.42 Å². The fourth-order valence-electron chi connectivity index (χ4n) is 2.22. The summed E-state index contributed by atoms with van der Waals surface area (Å²) in [5, 5.41) is 18.5. The number of hydrogen-bond donors (Lipinski definition) is 2. The van der Waals surface area contributed by atoms with Gasteiger partial charge >= 0.3 is 0 Å². The van der Waals surface area contributed by atoms with Crippen molar-refractivity contribution >= 4 is 9.84 Å². The first-order valence-electron chi connectivity index (χ1n) is 5.23. The molecule has 0 aromatic heterocycles. The molecule has 15 heavy (non-hydrogen) atoms. The van der Waals surface area contributed by atoms with Crippen molar-refractivity contribution in [2.24, 2.45) is 5.92 Å². The molecule has 0 saturated carbocycles. The normalized spacial score (nSPS) is 33.5. The Kier molecular flexibility index (Phi) is 3.20. The van der Waals surface area contributed by atoms with Crippen molar-refractivity contribution < 1.29 is 18.6 Å². The molecule has 1 aliphatic heterocycles. The Morgan fingerprint density at radius 1 is 1.20 bits per heavy atom. The lowest BCUT2D eigenvalue weighted by atomic mass is 9.90. The van der Waals surface area contributed by atoms with Gasteiger partial charge in [0.15, 0.2) is 9.84 Å². The molecule has 1 aliphatic rings. The molecule has 1 heterocycles. The lowest BCUT2D eigenvalue weighted by Gasteiger charge is -2.32. The Morgan fingerprint density at radius 3 is 1.87 bits per heavy atom. The van der Waals surface area contributed by atoms with E-state index in [0.717, 1.165) is 0 Å². The fourth-order valence-corrected chi connectivity index (χ4v) is 4.91. The predicted octanol–water partition coefficient (Wildman–Crippen LogP) is 0.333. The van der Waals surface area contributed by atoms with E-state index < -0.39 is 32.5 Å². The van der Waals surface area contributed by atoms with E-state index in [9.17, 15) is 18.6 Å². The molecular weight excluding hydrogens is 216 g/mol. The zero-order chi connectivity index (χ0) is 11.9. The Hall–Kier alpha value is -0.130. The molecule has 1 unspecified atom stereocenters. The van der Waals surface area contributed by atoms with Crippen LogP contribution in [0.4, 0.5) is 0 Å². The molecule has 0 amide bonds. The predicted molar refractivity (Wildman–Crippen MR) is 58.3 cm³/mol. The maximum atomic E-state index is 12.3. The highest BCUT2D eigenvalue weighted by atomic mass is 32.2. The second-order valence-electron chi connectivity index (χ2n) is 4.97. The molecule has 5 heteroatoms. The van der Waals surface area contributed by atoms with Crippen molar-refractivity contribution in [1.82, 2.24) is 0 Å². The molecule has 0 aromatic carbocycles. The van der Waals surface area contributed by atoms with Crippen molar-refractivity contribution in [3.63, 3.8) is 0 Å². The van der Waals surface area contributed by atoms with Gasteiger partial charge in [-0.1, -0.05) is 13.8 Å². The number of aliphatic hydroxyl groups is 2. The molecular formula is C10H20O4S. The van der Waals surface area contributed by atoms with Gasteiger partial charge in [0.05, 0.1) is 18.0 Å². The SMILES string of the molecule is CC(C)C1(C)CCC(CO)(CO)S1(=O)=O. The molecule has 1 rings (SSSR count). The summed E-state index contributed by atoms with van der Waals surface area (Å²) in [6.45, 7) is 4.45. The summed E-state index contributed by atoms with van der Waals surface area (Å²) in [4.78, 5) is 0. The van der Waals surface area contributed by atoms with Crippen LogP contribution in [0.25, 0.3) is 0 Å². The van der Waals surface area contributed by atoms with Crippen LogP contribution in [0.15, 0.2) is 0 Å². The van der Waals surface area contributed by atoms with Crippen molar-refractivity contribution in [2.75, 3.05) is 13.2 Å². The van der Waals surface area contributed by atoms with E-state index in [1.165, 1.54) is 0 Å². The molecule has 1 saturated heterocycles. The van der Waals surface area contributed by atoms with E-state index in [2.05, 4.69) is 0 Å². The molecule has 0 bridgehead atoms. The van der Waals surface area contributed by atoms with E-state index >= 15 is 0 Å². The van der Waals surface area contributed by atoms with Crippen LogP contribution in [0.3, 0.4) is 0 Å². The van der Waals surface area contributed by atoms with E-state index in [4.69, 9.17) is 0 Å². The zero-order valence-electron chi connectivity index (χ0n) is 9.52. The lowest BCUT2D eigenvalue weighted by molar-refractivity contribution is 0.165. The first-order chi connectivity index (χ1) is 6.77. The van der Waals surface area contributed by atoms with E-state index in [-0.39, 0.29) is 5.92 Å². The Bertz CT molecular complexity index is 317. The first-order valence-corrected chi connectivity index (χ1v) is 6.71. The Labute approximate surface area is 91.2 Å². The van der Waals surface area contributed by atoms with Gasteiger partial charge < -0.3 is 10.2 Å². The summed E-state index contributed by atoms with van der Waals surface area (Å²) in [7, 11) is -3.49. The summed E-state index contributed by atoms with van der Waals surface area (Å²) in [6, 6.07) is 0. The van der Waals surface area contributed by atoms with Crippen molar-refractivity contribution in [3.05, 3.63) is 0 Å². The van der Waals surface area contributed by atoms with Crippen LogP contribution in [0.5, 0.6) is 0 Å². The van der Waals surface area contributed by atoms with Gasteiger partial charge in [0.2, 0.25) is 0 Å². The minimum Gasteiger partial charge on any atom is -0.395 e. The minimum absolute atomic E-state index is 0.0116. The van der Waals surface area contributed by atoms with E-state index in [0.29, 0.717) is 12.8 Å². The first kappa shape index (κ1) is 12.9. The Morgan fingerprint density at radius 2 is 1.67 bits per heavy atom. The van der Waals surface area contributed by atoms with Crippen LogP contribution < -0.4 is 0 Å². The molecule has 0 aromatic rings. The lowest BCUT2D eigenvalue weighted by Crippen LogP contribution is -2.49. The van der Waals surface area contributed by atoms with Crippen LogP contribution >= 0.6 is 0 Å².